The van der Waals surface area contributed by atoms with Crippen LogP contribution in [0.2, 0.25) is 0 Å². The van der Waals surface area contributed by atoms with Gasteiger partial charge in [-0.05, 0) is 48.5 Å². The van der Waals surface area contributed by atoms with Gasteiger partial charge in [0.15, 0.2) is 4.77 Å². The Morgan fingerprint density at radius 2 is 1.67 bits per heavy atom. The van der Waals surface area contributed by atoms with Crippen molar-refractivity contribution in [2.45, 2.75) is 25.4 Å². The average Bonchev–Trinajstić information content (AvgIpc) is 2.83. The first-order valence-electron chi connectivity index (χ1n) is 10.8. The van der Waals surface area contributed by atoms with Gasteiger partial charge in [-0.25, -0.2) is 0 Å². The lowest BCUT2D eigenvalue weighted by atomic mass is 9.85. The summed E-state index contributed by atoms with van der Waals surface area (Å²) in [5.41, 5.74) is 3.04. The van der Waals surface area contributed by atoms with Crippen molar-refractivity contribution in [2.75, 3.05) is 0 Å². The number of nitrogens with one attached hydrogen (secondary N) is 2. The van der Waals surface area contributed by atoms with Gasteiger partial charge in [-0.1, -0.05) is 66.7 Å². The van der Waals surface area contributed by atoms with E-state index in [0.717, 1.165) is 11.1 Å². The minimum Gasteiger partial charge on any atom is -0.349 e. The molecule has 6 heteroatoms. The maximum atomic E-state index is 13.2. The normalized spacial score (nSPS) is 11.9. The smallest absolute Gasteiger partial charge is 0.262 e. The first kappa shape index (κ1) is 22.4. The molecule has 0 fully saturated rings. The fraction of sp³-hybridized carbons (Fsp3) is 0.148. The Morgan fingerprint density at radius 1 is 1.06 bits per heavy atom. The second-order valence-electron chi connectivity index (χ2n) is 7.96. The Balaban J connectivity index is 1.65. The topological polar surface area (TPSA) is 66.9 Å². The second-order valence-corrected chi connectivity index (χ2v) is 8.34. The van der Waals surface area contributed by atoms with Crippen LogP contribution in [0.15, 0.2) is 96.3 Å². The third kappa shape index (κ3) is 4.71. The maximum Gasteiger partial charge on any atom is 0.262 e. The van der Waals surface area contributed by atoms with Crippen LogP contribution in [0.1, 0.15) is 34.3 Å². The summed E-state index contributed by atoms with van der Waals surface area (Å²) in [5, 5.41) is 3.62. The van der Waals surface area contributed by atoms with E-state index in [1.165, 1.54) is 4.57 Å². The number of allylic oxidation sites excluding steroid dienone is 1. The lowest BCUT2D eigenvalue weighted by Crippen LogP contribution is -2.37. The third-order valence-electron chi connectivity index (χ3n) is 5.73. The van der Waals surface area contributed by atoms with E-state index >= 15 is 0 Å². The zero-order valence-electron chi connectivity index (χ0n) is 18.3. The summed E-state index contributed by atoms with van der Waals surface area (Å²) in [4.78, 5) is 28.9. The summed E-state index contributed by atoms with van der Waals surface area (Å²) in [5.74, 6) is -0.218. The molecule has 0 radical (unpaired) electrons. The Kier molecular flexibility index (Phi) is 6.66. The van der Waals surface area contributed by atoms with E-state index in [9.17, 15) is 9.59 Å². The summed E-state index contributed by atoms with van der Waals surface area (Å²) in [6, 6.07) is 25.1. The molecule has 0 saturated heterocycles. The maximum absolute atomic E-state index is 13.2. The van der Waals surface area contributed by atoms with Crippen LogP contribution in [-0.4, -0.2) is 21.5 Å². The van der Waals surface area contributed by atoms with Crippen molar-refractivity contribution >= 4 is 29.0 Å². The van der Waals surface area contributed by atoms with E-state index in [0.29, 0.717) is 27.8 Å². The molecular weight excluding hydrogens is 430 g/mol. The van der Waals surface area contributed by atoms with Gasteiger partial charge in [0.05, 0.1) is 10.9 Å². The van der Waals surface area contributed by atoms with Crippen LogP contribution >= 0.6 is 12.2 Å². The van der Waals surface area contributed by atoms with Gasteiger partial charge in [0.2, 0.25) is 0 Å². The Labute approximate surface area is 197 Å². The SMILES string of the molecule is C=CCn1c(=S)[nH]c2cc(C(=O)NC(C)C(c3ccccc3)c3ccccc3)ccc2c1=O. The molecule has 4 aromatic rings. The minimum absolute atomic E-state index is 0.00582. The monoisotopic (exact) mass is 455 g/mol. The van der Waals surface area contributed by atoms with Crippen LogP contribution in [0.4, 0.5) is 0 Å². The number of rotatable bonds is 7. The highest BCUT2D eigenvalue weighted by atomic mass is 32.1. The number of hydrogen-bond acceptors (Lipinski definition) is 3. The molecule has 0 aliphatic heterocycles. The highest BCUT2D eigenvalue weighted by molar-refractivity contribution is 7.71. The third-order valence-corrected chi connectivity index (χ3v) is 6.05. The molecule has 1 atom stereocenters. The second kappa shape index (κ2) is 9.79. The van der Waals surface area contributed by atoms with Gasteiger partial charge in [-0.3, -0.25) is 14.2 Å². The van der Waals surface area contributed by atoms with E-state index < -0.39 is 0 Å². The lowest BCUT2D eigenvalue weighted by Gasteiger charge is -2.26. The zero-order valence-corrected chi connectivity index (χ0v) is 19.1. The van der Waals surface area contributed by atoms with Crippen LogP contribution in [0, 0.1) is 4.77 Å². The van der Waals surface area contributed by atoms with E-state index in [1.807, 2.05) is 43.3 Å². The Hall–Kier alpha value is -3.77. The van der Waals surface area contributed by atoms with Crippen molar-refractivity contribution in [3.63, 3.8) is 0 Å². The highest BCUT2D eigenvalue weighted by Crippen LogP contribution is 2.28. The molecule has 3 aromatic carbocycles. The van der Waals surface area contributed by atoms with Crippen LogP contribution in [-0.2, 0) is 6.54 Å². The number of amides is 1. The fourth-order valence-corrected chi connectivity index (χ4v) is 4.42. The largest absolute Gasteiger partial charge is 0.349 e. The van der Waals surface area contributed by atoms with Gasteiger partial charge in [0, 0.05) is 24.1 Å². The number of benzene rings is 3. The van der Waals surface area contributed by atoms with Gasteiger partial charge < -0.3 is 10.3 Å². The predicted octanol–water partition coefficient (Wildman–Crippen LogP) is 5.20. The number of carbonyl (C=O) groups is 1. The molecular formula is C27H25N3O2S. The Bertz CT molecular complexity index is 1370. The first-order chi connectivity index (χ1) is 16.0. The minimum atomic E-state index is -0.212. The van der Waals surface area contributed by atoms with Crippen LogP contribution in [0.5, 0.6) is 0 Å². The summed E-state index contributed by atoms with van der Waals surface area (Å²) < 4.78 is 1.74. The van der Waals surface area contributed by atoms with Crippen LogP contribution in [0.3, 0.4) is 0 Å². The Morgan fingerprint density at radius 3 is 2.24 bits per heavy atom. The fourth-order valence-electron chi connectivity index (χ4n) is 4.15. The number of nitrogens with zero attached hydrogens (tertiary/aromatic N) is 1. The molecule has 0 aliphatic carbocycles. The van der Waals surface area contributed by atoms with Crippen molar-refractivity contribution < 1.29 is 4.79 Å². The molecule has 0 bridgehead atoms. The number of aromatic amines is 1. The summed E-state index contributed by atoms with van der Waals surface area (Å²) >= 11 is 5.31. The van der Waals surface area contributed by atoms with Gasteiger partial charge in [0.1, 0.15) is 0 Å². The molecule has 4 rings (SSSR count). The van der Waals surface area contributed by atoms with Crippen molar-refractivity contribution in [3.05, 3.63) is 123 Å². The van der Waals surface area contributed by atoms with Crippen molar-refractivity contribution in [3.8, 4) is 0 Å². The standard InChI is InChI=1S/C27H25N3O2S/c1-3-16-30-26(32)22-15-14-21(17-23(22)29-27(30)33)25(31)28-18(2)24(19-10-6-4-7-11-19)20-12-8-5-9-13-20/h3-15,17-18,24H,1,16H2,2H3,(H,28,31)(H,29,33). The van der Waals surface area contributed by atoms with Gasteiger partial charge >= 0.3 is 0 Å². The molecule has 166 valence electrons. The number of hydrogen-bond donors (Lipinski definition) is 2. The molecule has 5 nitrogen and oxygen atoms in total. The zero-order chi connectivity index (χ0) is 23.4. The molecule has 1 heterocycles. The molecule has 1 aromatic heterocycles. The predicted molar refractivity (Wildman–Crippen MR) is 135 cm³/mol. The lowest BCUT2D eigenvalue weighted by molar-refractivity contribution is 0.0937. The number of fused-ring (bicyclic) bond motifs is 1. The molecule has 0 spiro atoms. The molecule has 33 heavy (non-hydrogen) atoms. The van der Waals surface area contributed by atoms with E-state index in [-0.39, 0.29) is 23.4 Å². The molecule has 0 aliphatic rings. The van der Waals surface area contributed by atoms with Crippen molar-refractivity contribution in [2.24, 2.45) is 0 Å². The van der Waals surface area contributed by atoms with Gasteiger partial charge in [-0.15, -0.1) is 6.58 Å². The van der Waals surface area contributed by atoms with Crippen molar-refractivity contribution in [1.29, 1.82) is 0 Å². The van der Waals surface area contributed by atoms with Gasteiger partial charge in [-0.2, -0.15) is 0 Å². The quantitative estimate of drug-likeness (QED) is 0.297. The van der Waals surface area contributed by atoms with Crippen molar-refractivity contribution in [1.82, 2.24) is 14.9 Å². The van der Waals surface area contributed by atoms with Crippen LogP contribution < -0.4 is 10.9 Å². The van der Waals surface area contributed by atoms with Gasteiger partial charge in [0.25, 0.3) is 11.5 Å². The average molecular weight is 456 g/mol. The van der Waals surface area contributed by atoms with Crippen LogP contribution in [0.25, 0.3) is 10.9 Å². The molecule has 1 amide bonds. The van der Waals surface area contributed by atoms with E-state index in [4.69, 9.17) is 12.2 Å². The van der Waals surface area contributed by atoms with E-state index in [2.05, 4.69) is 41.1 Å². The number of aromatic nitrogens is 2. The summed E-state index contributed by atoms with van der Waals surface area (Å²) in [7, 11) is 0. The molecule has 2 N–H and O–H groups in total. The summed E-state index contributed by atoms with van der Waals surface area (Å²) in [6.45, 7) is 6.00. The molecule has 0 saturated carbocycles. The number of H-pyrrole nitrogens is 1. The first-order valence-corrected chi connectivity index (χ1v) is 11.2. The van der Waals surface area contributed by atoms with E-state index in [1.54, 1.807) is 24.3 Å². The number of carbonyl (C=O) groups excluding carboxylic acids is 1. The highest BCUT2D eigenvalue weighted by Gasteiger charge is 2.23. The summed E-state index contributed by atoms with van der Waals surface area (Å²) in [6.07, 6.45) is 1.62. The molecule has 1 unspecified atom stereocenters.